The van der Waals surface area contributed by atoms with E-state index >= 15 is 0 Å². The van der Waals surface area contributed by atoms with Gasteiger partial charge in [0.2, 0.25) is 0 Å². The molecular weight excluding hydrogens is 262 g/mol. The van der Waals surface area contributed by atoms with Crippen LogP contribution in [0.1, 0.15) is 21.5 Å². The molecule has 19 heavy (non-hydrogen) atoms. The number of nitrogen functional groups attached to an aromatic ring is 1. The smallest absolute Gasteiger partial charge is 0.338 e. The predicted octanol–water partition coefficient (Wildman–Crippen LogP) is 3.59. The molecule has 0 spiro atoms. The molecule has 0 heterocycles. The van der Waals surface area contributed by atoms with Gasteiger partial charge in [-0.25, -0.2) is 4.79 Å². The van der Waals surface area contributed by atoms with E-state index in [2.05, 4.69) is 0 Å². The van der Waals surface area contributed by atoms with E-state index in [1.165, 1.54) is 0 Å². The Bertz CT molecular complexity index is 611. The lowest BCUT2D eigenvalue weighted by Gasteiger charge is -2.07. The Kier molecular flexibility index (Phi) is 4.07. The van der Waals surface area contributed by atoms with Crippen LogP contribution in [0.2, 0.25) is 5.02 Å². The third-order valence-electron chi connectivity index (χ3n) is 2.82. The first-order valence-electron chi connectivity index (χ1n) is 5.84. The maximum absolute atomic E-state index is 11.9. The summed E-state index contributed by atoms with van der Waals surface area (Å²) in [5.41, 5.74) is 8.48. The van der Waals surface area contributed by atoms with Crippen LogP contribution < -0.4 is 5.73 Å². The Morgan fingerprint density at radius 3 is 2.68 bits per heavy atom. The van der Waals surface area contributed by atoms with Gasteiger partial charge in [-0.05, 0) is 36.8 Å². The fourth-order valence-corrected chi connectivity index (χ4v) is 1.84. The number of rotatable bonds is 3. The molecule has 0 fully saturated rings. The number of carbonyl (C=O) groups excluding carboxylic acids is 1. The van der Waals surface area contributed by atoms with Gasteiger partial charge in [0.05, 0.1) is 5.56 Å². The second kappa shape index (κ2) is 5.76. The molecule has 3 nitrogen and oxygen atoms in total. The number of ether oxygens (including phenoxy) is 1. The van der Waals surface area contributed by atoms with E-state index in [1.54, 1.807) is 24.3 Å². The molecule has 0 aromatic heterocycles. The lowest BCUT2D eigenvalue weighted by Crippen LogP contribution is -2.06. The summed E-state index contributed by atoms with van der Waals surface area (Å²) >= 11 is 5.99. The summed E-state index contributed by atoms with van der Waals surface area (Å²) in [4.78, 5) is 11.9. The molecule has 2 N–H and O–H groups in total. The third-order valence-corrected chi connectivity index (χ3v) is 3.19. The van der Waals surface area contributed by atoms with Crippen LogP contribution in [-0.4, -0.2) is 5.97 Å². The van der Waals surface area contributed by atoms with Gasteiger partial charge in [0.15, 0.2) is 0 Å². The number of hydrogen-bond donors (Lipinski definition) is 1. The number of anilines is 1. The average molecular weight is 276 g/mol. The maximum Gasteiger partial charge on any atom is 0.338 e. The number of aryl methyl sites for hydroxylation is 1. The molecule has 98 valence electrons. The van der Waals surface area contributed by atoms with Crippen molar-refractivity contribution in [3.05, 3.63) is 64.2 Å². The largest absolute Gasteiger partial charge is 0.457 e. The second-order valence-corrected chi connectivity index (χ2v) is 4.65. The molecule has 0 saturated heterocycles. The number of nitrogens with two attached hydrogens (primary N) is 1. The molecule has 0 unspecified atom stereocenters. The van der Waals surface area contributed by atoms with Crippen LogP contribution in [0.25, 0.3) is 0 Å². The van der Waals surface area contributed by atoms with Gasteiger partial charge in [-0.3, -0.25) is 0 Å². The second-order valence-electron chi connectivity index (χ2n) is 4.24. The van der Waals surface area contributed by atoms with Gasteiger partial charge in [0.1, 0.15) is 6.61 Å². The number of halogens is 1. The van der Waals surface area contributed by atoms with Crippen molar-refractivity contribution in [2.75, 3.05) is 5.73 Å². The Hall–Kier alpha value is -2.00. The zero-order valence-electron chi connectivity index (χ0n) is 10.5. The molecule has 0 amide bonds. The van der Waals surface area contributed by atoms with Crippen molar-refractivity contribution in [2.24, 2.45) is 0 Å². The standard InChI is InChI=1S/C15H14ClNO2/c1-10-8-11(6-7-14(10)17)15(18)19-9-12-4-2-3-5-13(12)16/h2-8H,9,17H2,1H3. The van der Waals surface area contributed by atoms with Crippen LogP contribution in [0.3, 0.4) is 0 Å². The summed E-state index contributed by atoms with van der Waals surface area (Å²) in [6, 6.07) is 12.3. The van der Waals surface area contributed by atoms with Crippen LogP contribution in [0.15, 0.2) is 42.5 Å². The van der Waals surface area contributed by atoms with Crippen LogP contribution in [0, 0.1) is 6.92 Å². The van der Waals surface area contributed by atoms with Crippen molar-refractivity contribution in [3.8, 4) is 0 Å². The van der Waals surface area contributed by atoms with E-state index in [0.29, 0.717) is 16.3 Å². The monoisotopic (exact) mass is 275 g/mol. The van der Waals surface area contributed by atoms with Crippen LogP contribution in [0.5, 0.6) is 0 Å². The number of esters is 1. The van der Waals surface area contributed by atoms with Crippen molar-refractivity contribution >= 4 is 23.3 Å². The molecule has 2 aromatic rings. The van der Waals surface area contributed by atoms with Crippen molar-refractivity contribution in [2.45, 2.75) is 13.5 Å². The highest BCUT2D eigenvalue weighted by atomic mass is 35.5. The Morgan fingerprint density at radius 1 is 1.26 bits per heavy atom. The minimum Gasteiger partial charge on any atom is -0.457 e. The Morgan fingerprint density at radius 2 is 2.00 bits per heavy atom. The van der Waals surface area contributed by atoms with E-state index in [0.717, 1.165) is 11.1 Å². The minimum absolute atomic E-state index is 0.155. The summed E-state index contributed by atoms with van der Waals surface area (Å²) in [6.07, 6.45) is 0. The Balaban J connectivity index is 2.05. The highest BCUT2D eigenvalue weighted by molar-refractivity contribution is 6.31. The lowest BCUT2D eigenvalue weighted by molar-refractivity contribution is 0.0473. The van der Waals surface area contributed by atoms with Crippen molar-refractivity contribution < 1.29 is 9.53 Å². The molecule has 4 heteroatoms. The highest BCUT2D eigenvalue weighted by Gasteiger charge is 2.09. The Labute approximate surface area is 117 Å². The normalized spacial score (nSPS) is 10.2. The molecule has 0 saturated carbocycles. The number of hydrogen-bond acceptors (Lipinski definition) is 3. The summed E-state index contributed by atoms with van der Waals surface area (Å²) in [5, 5.41) is 0.587. The maximum atomic E-state index is 11.9. The number of carbonyl (C=O) groups is 1. The quantitative estimate of drug-likeness (QED) is 0.688. The van der Waals surface area contributed by atoms with Gasteiger partial charge in [-0.15, -0.1) is 0 Å². The first-order chi connectivity index (χ1) is 9.08. The molecule has 0 aliphatic carbocycles. The summed E-state index contributed by atoms with van der Waals surface area (Å²) in [5.74, 6) is -0.386. The van der Waals surface area contributed by atoms with E-state index in [9.17, 15) is 4.79 Å². The topological polar surface area (TPSA) is 52.3 Å². The van der Waals surface area contributed by atoms with Crippen LogP contribution in [0.4, 0.5) is 5.69 Å². The van der Waals surface area contributed by atoms with Crippen LogP contribution >= 0.6 is 11.6 Å². The molecular formula is C15H14ClNO2. The van der Waals surface area contributed by atoms with Crippen molar-refractivity contribution in [3.63, 3.8) is 0 Å². The minimum atomic E-state index is -0.386. The van der Waals surface area contributed by atoms with Gasteiger partial charge in [-0.2, -0.15) is 0 Å². The molecule has 0 aliphatic heterocycles. The average Bonchev–Trinajstić information content (AvgIpc) is 2.40. The van der Waals surface area contributed by atoms with Gasteiger partial charge < -0.3 is 10.5 Å². The van der Waals surface area contributed by atoms with E-state index in [-0.39, 0.29) is 12.6 Å². The first kappa shape index (κ1) is 13.4. The lowest BCUT2D eigenvalue weighted by atomic mass is 10.1. The molecule has 2 rings (SSSR count). The number of benzene rings is 2. The zero-order chi connectivity index (χ0) is 13.8. The predicted molar refractivity (Wildman–Crippen MR) is 76.2 cm³/mol. The molecule has 0 aliphatic rings. The molecule has 0 bridgehead atoms. The fourth-order valence-electron chi connectivity index (χ4n) is 1.64. The van der Waals surface area contributed by atoms with Gasteiger partial charge in [-0.1, -0.05) is 29.8 Å². The third kappa shape index (κ3) is 3.26. The molecule has 0 atom stereocenters. The van der Waals surface area contributed by atoms with Gasteiger partial charge >= 0.3 is 5.97 Å². The highest BCUT2D eigenvalue weighted by Crippen LogP contribution is 2.17. The van der Waals surface area contributed by atoms with Crippen LogP contribution in [-0.2, 0) is 11.3 Å². The van der Waals surface area contributed by atoms with E-state index < -0.39 is 0 Å². The SMILES string of the molecule is Cc1cc(C(=O)OCc2ccccc2Cl)ccc1N. The van der Waals surface area contributed by atoms with E-state index in [4.69, 9.17) is 22.1 Å². The zero-order valence-corrected chi connectivity index (χ0v) is 11.3. The first-order valence-corrected chi connectivity index (χ1v) is 6.22. The van der Waals surface area contributed by atoms with Crippen molar-refractivity contribution in [1.82, 2.24) is 0 Å². The molecule has 2 aromatic carbocycles. The molecule has 0 radical (unpaired) electrons. The van der Waals surface area contributed by atoms with Crippen molar-refractivity contribution in [1.29, 1.82) is 0 Å². The summed E-state index contributed by atoms with van der Waals surface area (Å²) in [6.45, 7) is 2.00. The van der Waals surface area contributed by atoms with E-state index in [1.807, 2.05) is 25.1 Å². The van der Waals surface area contributed by atoms with Gasteiger partial charge in [0, 0.05) is 16.3 Å². The summed E-state index contributed by atoms with van der Waals surface area (Å²) in [7, 11) is 0. The van der Waals surface area contributed by atoms with Gasteiger partial charge in [0.25, 0.3) is 0 Å². The fraction of sp³-hybridized carbons (Fsp3) is 0.133. The summed E-state index contributed by atoms with van der Waals surface area (Å²) < 4.78 is 5.23.